The van der Waals surface area contributed by atoms with E-state index in [0.717, 1.165) is 28.9 Å². The summed E-state index contributed by atoms with van der Waals surface area (Å²) in [5.41, 5.74) is 4.28. The van der Waals surface area contributed by atoms with Crippen molar-refractivity contribution >= 4 is 23.3 Å². The van der Waals surface area contributed by atoms with Crippen LogP contribution in [0.15, 0.2) is 42.5 Å². The first-order valence-electron chi connectivity index (χ1n) is 7.14. The van der Waals surface area contributed by atoms with Crippen molar-refractivity contribution in [2.24, 2.45) is 0 Å². The number of rotatable bonds is 4. The molecule has 21 heavy (non-hydrogen) atoms. The van der Waals surface area contributed by atoms with Gasteiger partial charge in [-0.3, -0.25) is 4.57 Å². The Bertz CT molecular complexity index is 832. The van der Waals surface area contributed by atoms with E-state index < -0.39 is 0 Å². The van der Waals surface area contributed by atoms with E-state index in [-0.39, 0.29) is 0 Å². The number of ether oxygens (including phenoxy) is 1. The number of hydrogen-bond acceptors (Lipinski definition) is 2. The molecule has 0 unspecified atom stereocenters. The molecule has 0 radical (unpaired) electrons. The summed E-state index contributed by atoms with van der Waals surface area (Å²) in [6, 6.07) is 14.4. The fraction of sp³-hybridized carbons (Fsp3) is 0.235. The van der Waals surface area contributed by atoms with Gasteiger partial charge in [-0.15, -0.1) is 0 Å². The highest BCUT2D eigenvalue weighted by Gasteiger charge is 2.10. The van der Waals surface area contributed by atoms with Crippen LogP contribution in [0.2, 0.25) is 0 Å². The summed E-state index contributed by atoms with van der Waals surface area (Å²) < 4.78 is 8.54. The van der Waals surface area contributed by atoms with Gasteiger partial charge in [-0.25, -0.2) is 0 Å². The molecule has 0 aliphatic carbocycles. The van der Waals surface area contributed by atoms with Gasteiger partial charge >= 0.3 is 0 Å². The van der Waals surface area contributed by atoms with Crippen molar-refractivity contribution in [3.05, 3.63) is 52.8 Å². The SMILES string of the molecule is CCCOc1cccc2c1[nH]c(=S)n2-c1cccc(C)c1. The van der Waals surface area contributed by atoms with Crippen LogP contribution in [-0.2, 0) is 0 Å². The quantitative estimate of drug-likeness (QED) is 0.702. The molecule has 0 saturated carbocycles. The molecule has 3 aromatic rings. The molecule has 1 aromatic heterocycles. The van der Waals surface area contributed by atoms with Gasteiger partial charge in [0.05, 0.1) is 12.1 Å². The van der Waals surface area contributed by atoms with Crippen molar-refractivity contribution in [1.29, 1.82) is 0 Å². The second kappa shape index (κ2) is 5.74. The lowest BCUT2D eigenvalue weighted by Crippen LogP contribution is -1.96. The molecule has 4 heteroatoms. The highest BCUT2D eigenvalue weighted by atomic mass is 32.1. The van der Waals surface area contributed by atoms with Gasteiger partial charge < -0.3 is 9.72 Å². The van der Waals surface area contributed by atoms with Gasteiger partial charge in [0.15, 0.2) is 4.77 Å². The molecule has 0 spiro atoms. The first-order valence-corrected chi connectivity index (χ1v) is 7.55. The van der Waals surface area contributed by atoms with Gasteiger partial charge in [0, 0.05) is 5.69 Å². The number of aryl methyl sites for hydroxylation is 1. The lowest BCUT2D eigenvalue weighted by atomic mass is 10.2. The van der Waals surface area contributed by atoms with Crippen molar-refractivity contribution in [1.82, 2.24) is 9.55 Å². The number of aromatic nitrogens is 2. The van der Waals surface area contributed by atoms with Crippen LogP contribution in [0.3, 0.4) is 0 Å². The molecule has 0 aliphatic heterocycles. The average molecular weight is 298 g/mol. The normalized spacial score (nSPS) is 11.0. The molecule has 0 amide bonds. The van der Waals surface area contributed by atoms with E-state index in [1.807, 2.05) is 18.2 Å². The van der Waals surface area contributed by atoms with Crippen molar-refractivity contribution in [2.45, 2.75) is 20.3 Å². The maximum atomic E-state index is 5.81. The molecule has 2 aromatic carbocycles. The predicted molar refractivity (Wildman–Crippen MR) is 89.0 cm³/mol. The second-order valence-electron chi connectivity index (χ2n) is 5.10. The van der Waals surface area contributed by atoms with Gasteiger partial charge in [-0.1, -0.05) is 25.1 Å². The first-order chi connectivity index (χ1) is 10.2. The monoisotopic (exact) mass is 298 g/mol. The van der Waals surface area contributed by atoms with E-state index in [0.29, 0.717) is 11.4 Å². The van der Waals surface area contributed by atoms with Crippen LogP contribution in [0.1, 0.15) is 18.9 Å². The molecule has 108 valence electrons. The topological polar surface area (TPSA) is 29.9 Å². The zero-order valence-electron chi connectivity index (χ0n) is 12.2. The first kappa shape index (κ1) is 13.9. The van der Waals surface area contributed by atoms with Crippen LogP contribution >= 0.6 is 12.2 Å². The van der Waals surface area contributed by atoms with Crippen LogP contribution in [0.5, 0.6) is 5.75 Å². The van der Waals surface area contributed by atoms with Gasteiger partial charge in [0.2, 0.25) is 0 Å². The Hall–Kier alpha value is -2.07. The zero-order chi connectivity index (χ0) is 14.8. The highest BCUT2D eigenvalue weighted by molar-refractivity contribution is 7.71. The second-order valence-corrected chi connectivity index (χ2v) is 5.49. The number of nitrogens with one attached hydrogen (secondary N) is 1. The number of para-hydroxylation sites is 1. The lowest BCUT2D eigenvalue weighted by molar-refractivity contribution is 0.320. The number of H-pyrrole nitrogens is 1. The number of aromatic amines is 1. The third-order valence-corrected chi connectivity index (χ3v) is 3.69. The Labute approximate surface area is 129 Å². The Kier molecular flexibility index (Phi) is 3.80. The van der Waals surface area contributed by atoms with E-state index in [1.165, 1.54) is 5.56 Å². The molecule has 1 N–H and O–H groups in total. The van der Waals surface area contributed by atoms with Crippen LogP contribution in [0, 0.1) is 11.7 Å². The summed E-state index contributed by atoms with van der Waals surface area (Å²) in [4.78, 5) is 3.28. The van der Waals surface area contributed by atoms with E-state index in [9.17, 15) is 0 Å². The van der Waals surface area contributed by atoms with Gasteiger partial charge in [-0.05, 0) is 55.4 Å². The molecule has 0 saturated heterocycles. The summed E-state index contributed by atoms with van der Waals surface area (Å²) in [6.07, 6.45) is 0.982. The van der Waals surface area contributed by atoms with Gasteiger partial charge in [0.1, 0.15) is 11.3 Å². The summed E-state index contributed by atoms with van der Waals surface area (Å²) in [5.74, 6) is 0.854. The molecule has 0 atom stereocenters. The van der Waals surface area contributed by atoms with Crippen molar-refractivity contribution < 1.29 is 4.74 Å². The minimum absolute atomic E-state index is 0.683. The molecule has 3 rings (SSSR count). The summed E-state index contributed by atoms with van der Waals surface area (Å²) in [7, 11) is 0. The standard InChI is InChI=1S/C17H18N2OS/c1-3-10-20-15-9-5-8-14-16(15)18-17(21)19(14)13-7-4-6-12(2)11-13/h4-9,11H,3,10H2,1-2H3,(H,18,21). The molecule has 0 aliphatic rings. The highest BCUT2D eigenvalue weighted by Crippen LogP contribution is 2.27. The third-order valence-electron chi connectivity index (χ3n) is 3.40. The molecule has 1 heterocycles. The Morgan fingerprint density at radius 3 is 2.76 bits per heavy atom. The fourth-order valence-electron chi connectivity index (χ4n) is 2.46. The third kappa shape index (κ3) is 2.59. The van der Waals surface area contributed by atoms with Gasteiger partial charge in [0.25, 0.3) is 0 Å². The minimum atomic E-state index is 0.683. The van der Waals surface area contributed by atoms with E-state index in [2.05, 4.69) is 47.7 Å². The maximum absolute atomic E-state index is 5.81. The number of fused-ring (bicyclic) bond motifs is 1. The Morgan fingerprint density at radius 1 is 1.19 bits per heavy atom. The Balaban J connectivity index is 2.20. The number of hydrogen-bond donors (Lipinski definition) is 1. The molecule has 0 fully saturated rings. The fourth-order valence-corrected chi connectivity index (χ4v) is 2.77. The minimum Gasteiger partial charge on any atom is -0.491 e. The van der Waals surface area contributed by atoms with Crippen LogP contribution < -0.4 is 4.74 Å². The summed E-state index contributed by atoms with van der Waals surface area (Å²) >= 11 is 5.50. The van der Waals surface area contributed by atoms with Crippen molar-refractivity contribution in [3.63, 3.8) is 0 Å². The number of nitrogens with zero attached hydrogens (tertiary/aromatic N) is 1. The van der Waals surface area contributed by atoms with Crippen LogP contribution in [-0.4, -0.2) is 16.2 Å². The maximum Gasteiger partial charge on any atom is 0.182 e. The summed E-state index contributed by atoms with van der Waals surface area (Å²) in [6.45, 7) is 4.88. The van der Waals surface area contributed by atoms with E-state index in [1.54, 1.807) is 0 Å². The van der Waals surface area contributed by atoms with Gasteiger partial charge in [-0.2, -0.15) is 0 Å². The van der Waals surface area contributed by atoms with Crippen LogP contribution in [0.4, 0.5) is 0 Å². The summed E-state index contributed by atoms with van der Waals surface area (Å²) in [5, 5.41) is 0. The van der Waals surface area contributed by atoms with Crippen molar-refractivity contribution in [2.75, 3.05) is 6.61 Å². The Morgan fingerprint density at radius 2 is 2.00 bits per heavy atom. The predicted octanol–water partition coefficient (Wildman–Crippen LogP) is 4.79. The largest absolute Gasteiger partial charge is 0.491 e. The molecular weight excluding hydrogens is 280 g/mol. The smallest absolute Gasteiger partial charge is 0.182 e. The van der Waals surface area contributed by atoms with E-state index in [4.69, 9.17) is 17.0 Å². The number of imidazole rings is 1. The van der Waals surface area contributed by atoms with Crippen LogP contribution in [0.25, 0.3) is 16.7 Å². The number of benzene rings is 2. The lowest BCUT2D eigenvalue weighted by Gasteiger charge is -2.07. The zero-order valence-corrected chi connectivity index (χ0v) is 13.0. The van der Waals surface area contributed by atoms with E-state index >= 15 is 0 Å². The van der Waals surface area contributed by atoms with Crippen molar-refractivity contribution in [3.8, 4) is 11.4 Å². The molecular formula is C17H18N2OS. The molecule has 3 nitrogen and oxygen atoms in total. The molecule has 0 bridgehead atoms. The average Bonchev–Trinajstić information content (AvgIpc) is 2.81.